The van der Waals surface area contributed by atoms with Gasteiger partial charge in [-0.15, -0.1) is 0 Å². The first kappa shape index (κ1) is 9.56. The number of hydrogen-bond donors (Lipinski definition) is 1. The molecule has 3 nitrogen and oxygen atoms in total. The van der Waals surface area contributed by atoms with E-state index in [-0.39, 0.29) is 0 Å². The Labute approximate surface area is 84.9 Å². The van der Waals surface area contributed by atoms with Gasteiger partial charge in [-0.1, -0.05) is 19.0 Å². The lowest BCUT2D eigenvalue weighted by Crippen LogP contribution is -2.29. The zero-order valence-electron chi connectivity index (χ0n) is 8.92. The van der Waals surface area contributed by atoms with E-state index in [1.807, 2.05) is 6.07 Å². The summed E-state index contributed by atoms with van der Waals surface area (Å²) in [5, 5.41) is 7.25. The number of nitrogens with zero attached hydrogens (tertiary/aromatic N) is 1. The normalized spacial score (nSPS) is 22.1. The van der Waals surface area contributed by atoms with Gasteiger partial charge in [0.25, 0.3) is 0 Å². The van der Waals surface area contributed by atoms with Crippen molar-refractivity contribution in [3.05, 3.63) is 12.3 Å². The highest BCUT2D eigenvalue weighted by Gasteiger charge is 2.26. The van der Waals surface area contributed by atoms with Crippen LogP contribution in [-0.4, -0.2) is 11.2 Å². The Bertz CT molecular complexity index is 269. The smallest absolute Gasteiger partial charge is 0.169 e. The highest BCUT2D eigenvalue weighted by atomic mass is 16.5. The van der Waals surface area contributed by atoms with Crippen LogP contribution >= 0.6 is 0 Å². The predicted molar refractivity (Wildman–Crippen MR) is 56.2 cm³/mol. The molecule has 1 aliphatic rings. The molecule has 1 saturated carbocycles. The highest BCUT2D eigenvalue weighted by Crippen LogP contribution is 2.35. The minimum absolute atomic E-state index is 0.530. The topological polar surface area (TPSA) is 38.1 Å². The fourth-order valence-electron chi connectivity index (χ4n) is 2.04. The van der Waals surface area contributed by atoms with E-state index in [1.54, 1.807) is 6.26 Å². The molecule has 1 aliphatic carbocycles. The van der Waals surface area contributed by atoms with Gasteiger partial charge in [-0.2, -0.15) is 0 Å². The van der Waals surface area contributed by atoms with Gasteiger partial charge >= 0.3 is 0 Å². The third-order valence-electron chi connectivity index (χ3n) is 3.13. The van der Waals surface area contributed by atoms with Crippen LogP contribution in [0.5, 0.6) is 0 Å². The van der Waals surface area contributed by atoms with Gasteiger partial charge in [-0.25, -0.2) is 0 Å². The van der Waals surface area contributed by atoms with Gasteiger partial charge in [0.15, 0.2) is 5.82 Å². The van der Waals surface area contributed by atoms with Gasteiger partial charge in [-0.05, 0) is 31.1 Å². The summed E-state index contributed by atoms with van der Waals surface area (Å²) in [6.45, 7) is 4.69. The summed E-state index contributed by atoms with van der Waals surface area (Å²) in [4.78, 5) is 0. The largest absolute Gasteiger partial charge is 0.365 e. The van der Waals surface area contributed by atoms with E-state index in [4.69, 9.17) is 4.52 Å². The molecular weight excluding hydrogens is 176 g/mol. The molecule has 1 fully saturated rings. The summed E-state index contributed by atoms with van der Waals surface area (Å²) >= 11 is 0. The first-order valence-corrected chi connectivity index (χ1v) is 5.33. The van der Waals surface area contributed by atoms with Gasteiger partial charge in [0, 0.05) is 12.1 Å². The summed E-state index contributed by atoms with van der Waals surface area (Å²) < 4.78 is 4.78. The third kappa shape index (κ3) is 2.28. The van der Waals surface area contributed by atoms with Crippen LogP contribution in [0, 0.1) is 5.41 Å². The number of aromatic nitrogens is 1. The Morgan fingerprint density at radius 2 is 2.14 bits per heavy atom. The van der Waals surface area contributed by atoms with Crippen molar-refractivity contribution in [2.45, 2.75) is 45.6 Å². The first-order valence-electron chi connectivity index (χ1n) is 5.33. The van der Waals surface area contributed by atoms with Crippen LogP contribution in [0.15, 0.2) is 16.9 Å². The molecule has 1 heterocycles. The molecular formula is C11H18N2O. The van der Waals surface area contributed by atoms with Gasteiger partial charge in [0.05, 0.1) is 0 Å². The van der Waals surface area contributed by atoms with Crippen molar-refractivity contribution in [2.75, 3.05) is 5.32 Å². The molecule has 14 heavy (non-hydrogen) atoms. The Morgan fingerprint density at radius 3 is 2.71 bits per heavy atom. The molecule has 0 amide bonds. The lowest BCUT2D eigenvalue weighted by molar-refractivity contribution is 0.232. The second kappa shape index (κ2) is 3.64. The average Bonchev–Trinajstić information content (AvgIpc) is 2.61. The number of anilines is 1. The lowest BCUT2D eigenvalue weighted by atomic mass is 9.75. The molecule has 0 saturated heterocycles. The van der Waals surface area contributed by atoms with Crippen molar-refractivity contribution < 1.29 is 4.52 Å². The van der Waals surface area contributed by atoms with Crippen LogP contribution in [0.1, 0.15) is 39.5 Å². The van der Waals surface area contributed by atoms with Crippen molar-refractivity contribution in [3.8, 4) is 0 Å². The average molecular weight is 194 g/mol. The third-order valence-corrected chi connectivity index (χ3v) is 3.13. The highest BCUT2D eigenvalue weighted by molar-refractivity contribution is 5.32. The summed E-state index contributed by atoms with van der Waals surface area (Å²) in [6, 6.07) is 2.45. The summed E-state index contributed by atoms with van der Waals surface area (Å²) in [7, 11) is 0. The van der Waals surface area contributed by atoms with Gasteiger partial charge < -0.3 is 9.84 Å². The summed E-state index contributed by atoms with van der Waals surface area (Å²) in [6.07, 6.45) is 6.67. The van der Waals surface area contributed by atoms with E-state index < -0.39 is 0 Å². The summed E-state index contributed by atoms with van der Waals surface area (Å²) in [5.41, 5.74) is 0.530. The van der Waals surface area contributed by atoms with Crippen LogP contribution in [0.25, 0.3) is 0 Å². The van der Waals surface area contributed by atoms with Gasteiger partial charge in [0.1, 0.15) is 6.26 Å². The number of hydrogen-bond acceptors (Lipinski definition) is 3. The van der Waals surface area contributed by atoms with E-state index >= 15 is 0 Å². The molecule has 0 aromatic carbocycles. The second-order valence-electron chi connectivity index (χ2n) is 4.97. The fourth-order valence-corrected chi connectivity index (χ4v) is 2.04. The Kier molecular flexibility index (Phi) is 2.48. The van der Waals surface area contributed by atoms with E-state index in [2.05, 4.69) is 24.3 Å². The molecule has 78 valence electrons. The van der Waals surface area contributed by atoms with Crippen molar-refractivity contribution in [2.24, 2.45) is 5.41 Å². The molecule has 1 aromatic heterocycles. The Balaban J connectivity index is 1.85. The SMILES string of the molecule is CC1(C)CCC(Nc2ccon2)CC1. The second-order valence-corrected chi connectivity index (χ2v) is 4.97. The van der Waals surface area contributed by atoms with Crippen LogP contribution in [-0.2, 0) is 0 Å². The standard InChI is InChI=1S/C11H18N2O/c1-11(2)6-3-9(4-7-11)12-10-5-8-14-13-10/h5,8-9H,3-4,6-7H2,1-2H3,(H,12,13). The monoisotopic (exact) mass is 194 g/mol. The Hall–Kier alpha value is -0.990. The molecule has 0 spiro atoms. The van der Waals surface area contributed by atoms with E-state index in [9.17, 15) is 0 Å². The van der Waals surface area contributed by atoms with Crippen LogP contribution in [0.3, 0.4) is 0 Å². The van der Waals surface area contributed by atoms with Crippen LogP contribution in [0.4, 0.5) is 5.82 Å². The molecule has 1 N–H and O–H groups in total. The summed E-state index contributed by atoms with van der Waals surface area (Å²) in [5.74, 6) is 0.870. The van der Waals surface area contributed by atoms with Crippen molar-refractivity contribution in [1.82, 2.24) is 5.16 Å². The van der Waals surface area contributed by atoms with Crippen molar-refractivity contribution >= 4 is 5.82 Å². The van der Waals surface area contributed by atoms with E-state index in [1.165, 1.54) is 25.7 Å². The minimum atomic E-state index is 0.530. The molecule has 0 aliphatic heterocycles. The molecule has 0 atom stereocenters. The number of nitrogens with one attached hydrogen (secondary N) is 1. The minimum Gasteiger partial charge on any atom is -0.365 e. The predicted octanol–water partition coefficient (Wildman–Crippen LogP) is 3.06. The first-order chi connectivity index (χ1) is 6.66. The quantitative estimate of drug-likeness (QED) is 0.786. The zero-order valence-corrected chi connectivity index (χ0v) is 8.92. The molecule has 0 unspecified atom stereocenters. The Morgan fingerprint density at radius 1 is 1.43 bits per heavy atom. The maximum atomic E-state index is 4.78. The van der Waals surface area contributed by atoms with Crippen LogP contribution < -0.4 is 5.32 Å². The van der Waals surface area contributed by atoms with Crippen molar-refractivity contribution in [3.63, 3.8) is 0 Å². The fraction of sp³-hybridized carbons (Fsp3) is 0.727. The van der Waals surface area contributed by atoms with Crippen LogP contribution in [0.2, 0.25) is 0 Å². The van der Waals surface area contributed by atoms with E-state index in [0.717, 1.165) is 5.82 Å². The molecule has 2 rings (SSSR count). The maximum absolute atomic E-state index is 4.78. The van der Waals surface area contributed by atoms with E-state index in [0.29, 0.717) is 11.5 Å². The lowest BCUT2D eigenvalue weighted by Gasteiger charge is -2.34. The molecule has 3 heteroatoms. The molecule has 1 aromatic rings. The van der Waals surface area contributed by atoms with Crippen molar-refractivity contribution in [1.29, 1.82) is 0 Å². The molecule has 0 bridgehead atoms. The number of rotatable bonds is 2. The van der Waals surface area contributed by atoms with Gasteiger partial charge in [0.2, 0.25) is 0 Å². The zero-order chi connectivity index (χ0) is 10.0. The molecule has 0 radical (unpaired) electrons. The van der Waals surface area contributed by atoms with Gasteiger partial charge in [-0.3, -0.25) is 0 Å². The maximum Gasteiger partial charge on any atom is 0.169 e.